The number of allylic oxidation sites excluding steroid dienone is 2. The third kappa shape index (κ3) is 2.99. The molecular formula is C16H10ClF3N2. The van der Waals surface area contributed by atoms with Crippen LogP contribution in [0, 0.1) is 0 Å². The molecule has 0 aromatic heterocycles. The lowest BCUT2D eigenvalue weighted by atomic mass is 10.1. The van der Waals surface area contributed by atoms with Gasteiger partial charge >= 0.3 is 6.18 Å². The van der Waals surface area contributed by atoms with Crippen LogP contribution in [-0.2, 0) is 0 Å². The topological polar surface area (TPSA) is 24.4 Å². The number of nitrogens with zero attached hydrogens (tertiary/aromatic N) is 1. The van der Waals surface area contributed by atoms with E-state index in [1.165, 1.54) is 0 Å². The number of benzene rings is 2. The number of nitrogens with one attached hydrogen (secondary N) is 1. The lowest BCUT2D eigenvalue weighted by molar-refractivity contribution is -0.0901. The summed E-state index contributed by atoms with van der Waals surface area (Å²) < 4.78 is 39.5. The van der Waals surface area contributed by atoms with Crippen molar-refractivity contribution in [2.45, 2.75) is 6.18 Å². The van der Waals surface area contributed by atoms with E-state index in [1.54, 1.807) is 48.5 Å². The molecule has 0 spiro atoms. The van der Waals surface area contributed by atoms with E-state index in [1.807, 2.05) is 0 Å². The van der Waals surface area contributed by atoms with Gasteiger partial charge in [0, 0.05) is 10.6 Å². The van der Waals surface area contributed by atoms with Gasteiger partial charge in [-0.05, 0) is 30.3 Å². The monoisotopic (exact) mass is 322 g/mol. The van der Waals surface area contributed by atoms with Crippen LogP contribution < -0.4 is 5.32 Å². The molecule has 0 atom stereocenters. The fraction of sp³-hybridized carbons (Fsp3) is 0.0625. The highest BCUT2D eigenvalue weighted by atomic mass is 35.5. The van der Waals surface area contributed by atoms with Crippen LogP contribution in [0.15, 0.2) is 65.3 Å². The molecule has 0 bridgehead atoms. The molecule has 1 N–H and O–H groups in total. The minimum atomic E-state index is -4.50. The number of rotatable bonds is 1. The Morgan fingerprint density at radius 2 is 1.64 bits per heavy atom. The Kier molecular flexibility index (Phi) is 3.66. The van der Waals surface area contributed by atoms with E-state index in [2.05, 4.69) is 10.3 Å². The Hall–Kier alpha value is -2.27. The molecule has 112 valence electrons. The molecule has 2 aromatic carbocycles. The number of aliphatic imine (C=N–C) groups is 1. The smallest absolute Gasteiger partial charge is 0.350 e. The molecule has 0 radical (unpaired) electrons. The van der Waals surface area contributed by atoms with Gasteiger partial charge in [0.05, 0.1) is 17.1 Å². The number of hydrogen-bond donors (Lipinski definition) is 1. The molecule has 1 heterocycles. The average molecular weight is 323 g/mol. The molecule has 0 aliphatic carbocycles. The summed E-state index contributed by atoms with van der Waals surface area (Å²) in [5.74, 6) is 0. The highest BCUT2D eigenvalue weighted by Gasteiger charge is 2.35. The largest absolute Gasteiger partial charge is 0.431 e. The van der Waals surface area contributed by atoms with Gasteiger partial charge in [-0.3, -0.25) is 0 Å². The quantitative estimate of drug-likeness (QED) is 0.753. The zero-order chi connectivity index (χ0) is 15.7. The molecule has 2 aromatic rings. The van der Waals surface area contributed by atoms with Crippen LogP contribution in [0.5, 0.6) is 0 Å². The Bertz CT molecular complexity index is 762. The number of halogens is 4. The molecule has 1 aliphatic heterocycles. The van der Waals surface area contributed by atoms with Crippen LogP contribution >= 0.6 is 11.6 Å². The molecule has 6 heteroatoms. The van der Waals surface area contributed by atoms with Gasteiger partial charge in [-0.15, -0.1) is 0 Å². The summed E-state index contributed by atoms with van der Waals surface area (Å²) in [7, 11) is 0. The fourth-order valence-electron chi connectivity index (χ4n) is 2.08. The molecule has 0 unspecified atom stereocenters. The van der Waals surface area contributed by atoms with Crippen molar-refractivity contribution in [3.8, 4) is 0 Å². The fourth-order valence-corrected chi connectivity index (χ4v) is 2.20. The van der Waals surface area contributed by atoms with Gasteiger partial charge in [-0.25, -0.2) is 4.99 Å². The number of para-hydroxylation sites is 2. The van der Waals surface area contributed by atoms with Crippen LogP contribution in [0.4, 0.5) is 24.5 Å². The summed E-state index contributed by atoms with van der Waals surface area (Å²) in [6.07, 6.45) is -3.49. The average Bonchev–Trinajstić information content (AvgIpc) is 2.67. The van der Waals surface area contributed by atoms with Crippen LogP contribution in [0.3, 0.4) is 0 Å². The van der Waals surface area contributed by atoms with Gasteiger partial charge in [-0.1, -0.05) is 35.9 Å². The molecule has 0 saturated carbocycles. The first-order valence-electron chi connectivity index (χ1n) is 6.43. The number of hydrogen-bond acceptors (Lipinski definition) is 2. The molecule has 2 nitrogen and oxygen atoms in total. The zero-order valence-corrected chi connectivity index (χ0v) is 11.9. The molecule has 3 rings (SSSR count). The lowest BCUT2D eigenvalue weighted by Gasteiger charge is -2.13. The maximum absolute atomic E-state index is 13.2. The van der Waals surface area contributed by atoms with Crippen LogP contribution in [0.2, 0.25) is 5.02 Å². The lowest BCUT2D eigenvalue weighted by Crippen LogP contribution is -2.19. The first kappa shape index (κ1) is 14.7. The van der Waals surface area contributed by atoms with Crippen molar-refractivity contribution in [2.24, 2.45) is 4.99 Å². The molecule has 1 aliphatic rings. The third-order valence-electron chi connectivity index (χ3n) is 3.14. The van der Waals surface area contributed by atoms with Gasteiger partial charge < -0.3 is 5.32 Å². The molecule has 0 fully saturated rings. The van der Waals surface area contributed by atoms with Gasteiger partial charge in [-0.2, -0.15) is 13.2 Å². The summed E-state index contributed by atoms with van der Waals surface area (Å²) in [5, 5.41) is 2.92. The second-order valence-corrected chi connectivity index (χ2v) is 5.14. The second kappa shape index (κ2) is 5.50. The first-order valence-corrected chi connectivity index (χ1v) is 6.81. The summed E-state index contributed by atoms with van der Waals surface area (Å²) in [5.41, 5.74) is 0.690. The molecule has 0 saturated heterocycles. The van der Waals surface area contributed by atoms with Gasteiger partial charge in [0.2, 0.25) is 0 Å². The molecule has 22 heavy (non-hydrogen) atoms. The van der Waals surface area contributed by atoms with Crippen molar-refractivity contribution >= 4 is 28.7 Å². The third-order valence-corrected chi connectivity index (χ3v) is 3.39. The first-order chi connectivity index (χ1) is 10.4. The van der Waals surface area contributed by atoms with Gasteiger partial charge in [0.1, 0.15) is 5.70 Å². The van der Waals surface area contributed by atoms with Crippen LogP contribution in [-0.4, -0.2) is 11.9 Å². The summed E-state index contributed by atoms with van der Waals surface area (Å²) in [6, 6.07) is 13.1. The Morgan fingerprint density at radius 3 is 2.32 bits per heavy atom. The SMILES string of the molecule is FC(F)(F)C1=CC(c2ccc(Cl)cc2)=Nc2ccccc2N1. The number of fused-ring (bicyclic) bond motifs is 1. The Morgan fingerprint density at radius 1 is 0.955 bits per heavy atom. The molecule has 0 amide bonds. The van der Waals surface area contributed by atoms with E-state index in [-0.39, 0.29) is 5.71 Å². The van der Waals surface area contributed by atoms with Gasteiger partial charge in [0.15, 0.2) is 0 Å². The van der Waals surface area contributed by atoms with Crippen LogP contribution in [0.25, 0.3) is 0 Å². The summed E-state index contributed by atoms with van der Waals surface area (Å²) >= 11 is 5.82. The van der Waals surface area contributed by atoms with Crippen molar-refractivity contribution in [1.82, 2.24) is 0 Å². The maximum Gasteiger partial charge on any atom is 0.431 e. The van der Waals surface area contributed by atoms with E-state index in [0.717, 1.165) is 6.08 Å². The van der Waals surface area contributed by atoms with E-state index in [9.17, 15) is 13.2 Å². The normalized spacial score (nSPS) is 14.4. The molecular weight excluding hydrogens is 313 g/mol. The van der Waals surface area contributed by atoms with E-state index < -0.39 is 11.9 Å². The Balaban J connectivity index is 2.16. The van der Waals surface area contributed by atoms with Gasteiger partial charge in [0.25, 0.3) is 0 Å². The van der Waals surface area contributed by atoms with E-state index in [4.69, 9.17) is 11.6 Å². The van der Waals surface area contributed by atoms with Crippen molar-refractivity contribution in [1.29, 1.82) is 0 Å². The minimum Gasteiger partial charge on any atom is -0.350 e. The number of alkyl halides is 3. The second-order valence-electron chi connectivity index (χ2n) is 4.70. The van der Waals surface area contributed by atoms with Crippen LogP contribution in [0.1, 0.15) is 5.56 Å². The van der Waals surface area contributed by atoms with E-state index >= 15 is 0 Å². The zero-order valence-electron chi connectivity index (χ0n) is 11.2. The van der Waals surface area contributed by atoms with Crippen molar-refractivity contribution in [2.75, 3.05) is 5.32 Å². The predicted molar refractivity (Wildman–Crippen MR) is 81.9 cm³/mol. The number of anilines is 1. The predicted octanol–water partition coefficient (Wildman–Crippen LogP) is 5.33. The highest BCUT2D eigenvalue weighted by Crippen LogP contribution is 2.34. The summed E-state index contributed by atoms with van der Waals surface area (Å²) in [6.45, 7) is 0. The van der Waals surface area contributed by atoms with Crippen molar-refractivity contribution in [3.63, 3.8) is 0 Å². The minimum absolute atomic E-state index is 0.224. The summed E-state index contributed by atoms with van der Waals surface area (Å²) in [4.78, 5) is 4.34. The Labute approximate surface area is 129 Å². The highest BCUT2D eigenvalue weighted by molar-refractivity contribution is 6.30. The van der Waals surface area contributed by atoms with E-state index in [0.29, 0.717) is 22.0 Å². The van der Waals surface area contributed by atoms with Crippen molar-refractivity contribution in [3.05, 3.63) is 70.9 Å². The van der Waals surface area contributed by atoms with Crippen molar-refractivity contribution < 1.29 is 13.2 Å². The maximum atomic E-state index is 13.2. The standard InChI is InChI=1S/C16H10ClF3N2/c17-11-7-5-10(6-8-11)14-9-15(16(18,19)20)22-13-4-2-1-3-12(13)21-14/h1-9,22H.